The van der Waals surface area contributed by atoms with Gasteiger partial charge in [-0.1, -0.05) is 89.5 Å². The number of rotatable bonds is 14. The van der Waals surface area contributed by atoms with E-state index in [2.05, 4.69) is 24.5 Å². The van der Waals surface area contributed by atoms with Crippen molar-refractivity contribution in [3.05, 3.63) is 36.4 Å². The van der Waals surface area contributed by atoms with Crippen molar-refractivity contribution in [1.82, 2.24) is 0 Å². The predicted molar refractivity (Wildman–Crippen MR) is 128 cm³/mol. The normalized spacial score (nSPS) is 10.9. The quantitative estimate of drug-likeness (QED) is 0.318. The van der Waals surface area contributed by atoms with Gasteiger partial charge < -0.3 is 10.6 Å². The Kier molecular flexibility index (Phi) is 11.0. The lowest BCUT2D eigenvalue weighted by atomic mass is 10.1. The van der Waals surface area contributed by atoms with E-state index in [4.69, 9.17) is 0 Å². The molecule has 2 aromatic rings. The largest absolute Gasteiger partial charge is 0.326 e. The van der Waals surface area contributed by atoms with E-state index in [-0.39, 0.29) is 11.8 Å². The summed E-state index contributed by atoms with van der Waals surface area (Å²) in [4.78, 5) is 24.7. The number of carbonyl (C=O) groups excluding carboxylic acids is 2. The van der Waals surface area contributed by atoms with Crippen LogP contribution in [0.15, 0.2) is 36.4 Å². The highest BCUT2D eigenvalue weighted by Crippen LogP contribution is 2.29. The van der Waals surface area contributed by atoms with Crippen molar-refractivity contribution in [3.8, 4) is 0 Å². The first kappa shape index (κ1) is 23.9. The van der Waals surface area contributed by atoms with Crippen LogP contribution in [0.5, 0.6) is 0 Å². The van der Waals surface area contributed by atoms with Gasteiger partial charge in [-0.15, -0.1) is 0 Å². The number of anilines is 2. The summed E-state index contributed by atoms with van der Waals surface area (Å²) in [5.41, 5.74) is 1.61. The summed E-state index contributed by atoms with van der Waals surface area (Å²) in [6.45, 7) is 4.38. The third kappa shape index (κ3) is 8.17. The second kappa shape index (κ2) is 13.8. The first-order valence-electron chi connectivity index (χ1n) is 11.8. The SMILES string of the molecule is CCCCCCCC(=O)Nc1cccc2c(NC(=O)CCCCCCC)cccc12. The van der Waals surface area contributed by atoms with Gasteiger partial charge in [0.25, 0.3) is 0 Å². The van der Waals surface area contributed by atoms with E-state index in [1.165, 1.54) is 38.5 Å². The van der Waals surface area contributed by atoms with Crippen molar-refractivity contribution in [3.63, 3.8) is 0 Å². The Morgan fingerprint density at radius 2 is 1.00 bits per heavy atom. The number of amides is 2. The fourth-order valence-corrected chi connectivity index (χ4v) is 3.73. The molecule has 0 aliphatic carbocycles. The standard InChI is InChI=1S/C26H38N2O2/c1-3-5-7-9-11-19-25(29)27-23-17-13-16-22-21(23)15-14-18-24(22)28-26(30)20-12-10-8-6-4-2/h13-18H,3-12,19-20H2,1-2H3,(H,27,29)(H,28,30). The molecule has 0 spiro atoms. The Morgan fingerprint density at radius 1 is 0.600 bits per heavy atom. The van der Waals surface area contributed by atoms with Crippen LogP contribution < -0.4 is 10.6 Å². The van der Waals surface area contributed by atoms with Crippen molar-refractivity contribution < 1.29 is 9.59 Å². The molecule has 164 valence electrons. The minimum atomic E-state index is 0.0560. The maximum atomic E-state index is 12.4. The predicted octanol–water partition coefficient (Wildman–Crippen LogP) is 7.44. The van der Waals surface area contributed by atoms with E-state index in [0.29, 0.717) is 12.8 Å². The number of carbonyl (C=O) groups is 2. The summed E-state index contributed by atoms with van der Waals surface area (Å²) in [6.07, 6.45) is 12.4. The van der Waals surface area contributed by atoms with Crippen LogP contribution in [0.2, 0.25) is 0 Å². The summed E-state index contributed by atoms with van der Waals surface area (Å²) in [6, 6.07) is 11.7. The van der Waals surface area contributed by atoms with Crippen LogP contribution in [0.25, 0.3) is 10.8 Å². The van der Waals surface area contributed by atoms with Crippen molar-refractivity contribution in [2.24, 2.45) is 0 Å². The Bertz CT molecular complexity index is 733. The van der Waals surface area contributed by atoms with Crippen molar-refractivity contribution in [1.29, 1.82) is 0 Å². The van der Waals surface area contributed by atoms with Gasteiger partial charge in [-0.25, -0.2) is 0 Å². The topological polar surface area (TPSA) is 58.2 Å². The molecule has 0 radical (unpaired) electrons. The monoisotopic (exact) mass is 410 g/mol. The summed E-state index contributed by atoms with van der Waals surface area (Å²) in [5, 5.41) is 8.03. The molecule has 0 fully saturated rings. The highest BCUT2D eigenvalue weighted by Gasteiger charge is 2.10. The molecule has 0 aliphatic heterocycles. The van der Waals surface area contributed by atoms with E-state index in [1.54, 1.807) is 0 Å². The van der Waals surface area contributed by atoms with Crippen LogP contribution in [-0.2, 0) is 9.59 Å². The van der Waals surface area contributed by atoms with Crippen LogP contribution in [0, 0.1) is 0 Å². The number of nitrogens with one attached hydrogen (secondary N) is 2. The minimum absolute atomic E-state index is 0.0560. The summed E-state index contributed by atoms with van der Waals surface area (Å²) >= 11 is 0. The maximum absolute atomic E-state index is 12.4. The number of benzene rings is 2. The molecule has 2 amide bonds. The number of fused-ring (bicyclic) bond motifs is 1. The van der Waals surface area contributed by atoms with Crippen LogP contribution in [-0.4, -0.2) is 11.8 Å². The minimum Gasteiger partial charge on any atom is -0.326 e. The Morgan fingerprint density at radius 3 is 1.40 bits per heavy atom. The highest BCUT2D eigenvalue weighted by atomic mass is 16.2. The molecule has 0 saturated carbocycles. The Hall–Kier alpha value is -2.36. The molecule has 30 heavy (non-hydrogen) atoms. The lowest BCUT2D eigenvalue weighted by Gasteiger charge is -2.13. The van der Waals surface area contributed by atoms with Crippen molar-refractivity contribution in [2.45, 2.75) is 90.9 Å². The third-order valence-electron chi connectivity index (χ3n) is 5.49. The first-order valence-corrected chi connectivity index (χ1v) is 11.8. The fraction of sp³-hybridized carbons (Fsp3) is 0.538. The molecule has 2 aromatic carbocycles. The number of hydrogen-bond donors (Lipinski definition) is 2. The van der Waals surface area contributed by atoms with Crippen LogP contribution >= 0.6 is 0 Å². The highest BCUT2D eigenvalue weighted by molar-refractivity contribution is 6.08. The Labute approximate surface area is 181 Å². The molecule has 4 heteroatoms. The second-order valence-corrected chi connectivity index (χ2v) is 8.13. The molecule has 0 aliphatic rings. The molecule has 0 heterocycles. The van der Waals surface area contributed by atoms with E-state index in [0.717, 1.165) is 47.8 Å². The molecule has 2 N–H and O–H groups in total. The lowest BCUT2D eigenvalue weighted by molar-refractivity contribution is -0.117. The zero-order valence-electron chi connectivity index (χ0n) is 18.8. The third-order valence-corrected chi connectivity index (χ3v) is 5.49. The summed E-state index contributed by atoms with van der Waals surface area (Å²) in [7, 11) is 0. The number of unbranched alkanes of at least 4 members (excludes halogenated alkanes) is 8. The molecular formula is C26H38N2O2. The van der Waals surface area contributed by atoms with Crippen molar-refractivity contribution in [2.75, 3.05) is 10.6 Å². The number of hydrogen-bond acceptors (Lipinski definition) is 2. The average Bonchev–Trinajstić information content (AvgIpc) is 2.74. The van der Waals surface area contributed by atoms with Gasteiger partial charge in [0.2, 0.25) is 11.8 Å². The Balaban J connectivity index is 1.95. The smallest absolute Gasteiger partial charge is 0.224 e. The fourth-order valence-electron chi connectivity index (χ4n) is 3.73. The summed E-state index contributed by atoms with van der Waals surface area (Å²) < 4.78 is 0. The molecule has 0 saturated heterocycles. The van der Waals surface area contributed by atoms with Gasteiger partial charge >= 0.3 is 0 Å². The lowest BCUT2D eigenvalue weighted by Crippen LogP contribution is -2.13. The van der Waals surface area contributed by atoms with Gasteiger partial charge in [0.15, 0.2) is 0 Å². The van der Waals surface area contributed by atoms with Gasteiger partial charge in [0, 0.05) is 35.0 Å². The van der Waals surface area contributed by atoms with E-state index < -0.39 is 0 Å². The maximum Gasteiger partial charge on any atom is 0.224 e. The van der Waals surface area contributed by atoms with Gasteiger partial charge in [-0.05, 0) is 25.0 Å². The zero-order valence-corrected chi connectivity index (χ0v) is 18.8. The molecule has 0 unspecified atom stereocenters. The van der Waals surface area contributed by atoms with Gasteiger partial charge in [-0.2, -0.15) is 0 Å². The van der Waals surface area contributed by atoms with E-state index in [1.807, 2.05) is 36.4 Å². The summed E-state index contributed by atoms with van der Waals surface area (Å²) in [5.74, 6) is 0.112. The van der Waals surface area contributed by atoms with Crippen LogP contribution in [0.1, 0.15) is 90.9 Å². The first-order chi connectivity index (χ1) is 14.7. The zero-order chi connectivity index (χ0) is 21.6. The average molecular weight is 411 g/mol. The molecular weight excluding hydrogens is 372 g/mol. The molecule has 2 rings (SSSR count). The van der Waals surface area contributed by atoms with Gasteiger partial charge in [0.1, 0.15) is 0 Å². The van der Waals surface area contributed by atoms with Gasteiger partial charge in [0.05, 0.1) is 0 Å². The van der Waals surface area contributed by atoms with E-state index >= 15 is 0 Å². The van der Waals surface area contributed by atoms with Crippen LogP contribution in [0.4, 0.5) is 11.4 Å². The van der Waals surface area contributed by atoms with Gasteiger partial charge in [-0.3, -0.25) is 9.59 Å². The molecule has 0 aromatic heterocycles. The van der Waals surface area contributed by atoms with Crippen molar-refractivity contribution >= 4 is 34.0 Å². The molecule has 4 nitrogen and oxygen atoms in total. The molecule has 0 atom stereocenters. The van der Waals surface area contributed by atoms with E-state index in [9.17, 15) is 9.59 Å². The second-order valence-electron chi connectivity index (χ2n) is 8.13. The molecule has 0 bridgehead atoms. The van der Waals surface area contributed by atoms with Crippen LogP contribution in [0.3, 0.4) is 0 Å².